The van der Waals surface area contributed by atoms with Crippen molar-refractivity contribution < 1.29 is 23.8 Å². The summed E-state index contributed by atoms with van der Waals surface area (Å²) in [6, 6.07) is 3.33. The van der Waals surface area contributed by atoms with Crippen LogP contribution in [0.1, 0.15) is 49.9 Å². The molecule has 1 aromatic rings. The van der Waals surface area contributed by atoms with Crippen molar-refractivity contribution in [3.8, 4) is 0 Å². The lowest BCUT2D eigenvalue weighted by molar-refractivity contribution is 0.0235. The largest absolute Gasteiger partial charge is 0.475 e. The van der Waals surface area contributed by atoms with Gasteiger partial charge in [0, 0.05) is 19.1 Å². The third kappa shape index (κ3) is 5.59. The van der Waals surface area contributed by atoms with Crippen molar-refractivity contribution in [2.45, 2.75) is 51.8 Å². The summed E-state index contributed by atoms with van der Waals surface area (Å²) < 4.78 is 10.6. The van der Waals surface area contributed by atoms with Crippen molar-refractivity contribution in [1.82, 2.24) is 10.2 Å². The van der Waals surface area contributed by atoms with E-state index in [1.165, 1.54) is 6.07 Å². The van der Waals surface area contributed by atoms with E-state index in [0.717, 1.165) is 12.8 Å². The summed E-state index contributed by atoms with van der Waals surface area (Å²) in [5.41, 5.74) is -0.501. The molecule has 2 N–H and O–H groups in total. The SMILES string of the molecule is CC(C)(C)OC(=O)N(CCNCc1ccc(C(=O)O)o1)C1CC1. The van der Waals surface area contributed by atoms with Gasteiger partial charge in [-0.1, -0.05) is 0 Å². The van der Waals surface area contributed by atoms with Gasteiger partial charge in [-0.25, -0.2) is 9.59 Å². The number of carboxylic acids is 1. The number of carbonyl (C=O) groups is 2. The number of aromatic carboxylic acids is 1. The predicted molar refractivity (Wildman–Crippen MR) is 83.3 cm³/mol. The van der Waals surface area contributed by atoms with Crippen LogP contribution in [-0.2, 0) is 11.3 Å². The van der Waals surface area contributed by atoms with Crippen LogP contribution in [0.25, 0.3) is 0 Å². The Hall–Kier alpha value is -2.02. The van der Waals surface area contributed by atoms with E-state index in [-0.39, 0.29) is 17.9 Å². The van der Waals surface area contributed by atoms with E-state index in [2.05, 4.69) is 5.32 Å². The molecule has 7 nitrogen and oxygen atoms in total. The van der Waals surface area contributed by atoms with E-state index in [0.29, 0.717) is 25.4 Å². The second kappa shape index (κ2) is 7.04. The fourth-order valence-corrected chi connectivity index (χ4v) is 2.13. The van der Waals surface area contributed by atoms with Gasteiger partial charge < -0.3 is 24.5 Å². The number of amides is 1. The summed E-state index contributed by atoms with van der Waals surface area (Å²) in [7, 11) is 0. The lowest BCUT2D eigenvalue weighted by atomic mass is 10.2. The third-order valence-electron chi connectivity index (χ3n) is 3.32. The van der Waals surface area contributed by atoms with Gasteiger partial charge >= 0.3 is 12.1 Å². The highest BCUT2D eigenvalue weighted by Gasteiger charge is 2.34. The van der Waals surface area contributed by atoms with Crippen molar-refractivity contribution >= 4 is 12.1 Å². The van der Waals surface area contributed by atoms with Gasteiger partial charge in [0.2, 0.25) is 5.76 Å². The maximum atomic E-state index is 12.2. The number of carbonyl (C=O) groups excluding carboxylic acids is 1. The molecular formula is C16H24N2O5. The van der Waals surface area contributed by atoms with Gasteiger partial charge in [0.05, 0.1) is 6.54 Å². The number of carboxylic acid groups (broad SMARTS) is 1. The molecule has 1 aliphatic rings. The zero-order valence-electron chi connectivity index (χ0n) is 13.8. The van der Waals surface area contributed by atoms with E-state index >= 15 is 0 Å². The second-order valence-corrected chi connectivity index (χ2v) is 6.65. The van der Waals surface area contributed by atoms with Gasteiger partial charge in [-0.2, -0.15) is 0 Å². The molecule has 0 bridgehead atoms. The zero-order valence-corrected chi connectivity index (χ0v) is 13.8. The van der Waals surface area contributed by atoms with Crippen LogP contribution in [0, 0.1) is 0 Å². The van der Waals surface area contributed by atoms with Crippen molar-refractivity contribution in [3.63, 3.8) is 0 Å². The molecule has 128 valence electrons. The molecule has 1 amide bonds. The summed E-state index contributed by atoms with van der Waals surface area (Å²) in [5.74, 6) is -0.603. The Balaban J connectivity index is 1.76. The maximum absolute atomic E-state index is 12.2. The van der Waals surface area contributed by atoms with Gasteiger partial charge in [0.15, 0.2) is 0 Å². The Morgan fingerprint density at radius 1 is 1.39 bits per heavy atom. The number of rotatable bonds is 7. The van der Waals surface area contributed by atoms with Gasteiger partial charge in [-0.15, -0.1) is 0 Å². The fraction of sp³-hybridized carbons (Fsp3) is 0.625. The number of ether oxygens (including phenoxy) is 1. The minimum Gasteiger partial charge on any atom is -0.475 e. The molecule has 23 heavy (non-hydrogen) atoms. The molecule has 1 fully saturated rings. The molecule has 7 heteroatoms. The summed E-state index contributed by atoms with van der Waals surface area (Å²) in [4.78, 5) is 24.7. The molecule has 0 atom stereocenters. The molecule has 1 saturated carbocycles. The molecule has 0 spiro atoms. The quantitative estimate of drug-likeness (QED) is 0.749. The average molecular weight is 324 g/mol. The van der Waals surface area contributed by atoms with Crippen LogP contribution in [0.2, 0.25) is 0 Å². The maximum Gasteiger partial charge on any atom is 0.410 e. The lowest BCUT2D eigenvalue weighted by Gasteiger charge is -2.27. The Kier molecular flexibility index (Phi) is 5.30. The number of nitrogens with one attached hydrogen (secondary N) is 1. The normalized spacial score (nSPS) is 14.6. The van der Waals surface area contributed by atoms with Crippen LogP contribution in [0.3, 0.4) is 0 Å². The molecule has 0 unspecified atom stereocenters. The Morgan fingerprint density at radius 3 is 2.61 bits per heavy atom. The van der Waals surface area contributed by atoms with Crippen LogP contribution in [0.4, 0.5) is 4.79 Å². The molecule has 1 aromatic heterocycles. The predicted octanol–water partition coefficient (Wildman–Crippen LogP) is 2.47. The Bertz CT molecular complexity index is 557. The molecule has 0 aliphatic heterocycles. The van der Waals surface area contributed by atoms with E-state index in [4.69, 9.17) is 14.3 Å². The lowest BCUT2D eigenvalue weighted by Crippen LogP contribution is -2.41. The summed E-state index contributed by atoms with van der Waals surface area (Å²) in [6.45, 7) is 7.10. The molecule has 0 radical (unpaired) electrons. The highest BCUT2D eigenvalue weighted by molar-refractivity contribution is 5.84. The van der Waals surface area contributed by atoms with E-state index in [1.54, 1.807) is 11.0 Å². The molecule has 1 aliphatic carbocycles. The molecule has 2 rings (SSSR count). The molecular weight excluding hydrogens is 300 g/mol. The Labute approximate surface area is 135 Å². The minimum atomic E-state index is -1.08. The standard InChI is InChI=1S/C16H24N2O5/c1-16(2,3)23-15(21)18(11-4-5-11)9-8-17-10-12-6-7-13(22-12)14(19)20/h6-7,11,17H,4-5,8-10H2,1-3H3,(H,19,20). The molecule has 0 aromatic carbocycles. The summed E-state index contributed by atoms with van der Waals surface area (Å²) in [6.07, 6.45) is 1.74. The first-order valence-corrected chi connectivity index (χ1v) is 7.78. The smallest absolute Gasteiger partial charge is 0.410 e. The first-order chi connectivity index (χ1) is 10.8. The highest BCUT2D eigenvalue weighted by Crippen LogP contribution is 2.28. The van der Waals surface area contributed by atoms with Crippen LogP contribution in [0.5, 0.6) is 0 Å². The second-order valence-electron chi connectivity index (χ2n) is 6.65. The van der Waals surface area contributed by atoms with Crippen LogP contribution >= 0.6 is 0 Å². The third-order valence-corrected chi connectivity index (χ3v) is 3.32. The Morgan fingerprint density at radius 2 is 2.09 bits per heavy atom. The number of hydrogen-bond acceptors (Lipinski definition) is 5. The van der Waals surface area contributed by atoms with Crippen molar-refractivity contribution in [2.75, 3.05) is 13.1 Å². The highest BCUT2D eigenvalue weighted by atomic mass is 16.6. The van der Waals surface area contributed by atoms with E-state index in [9.17, 15) is 9.59 Å². The monoisotopic (exact) mass is 324 g/mol. The number of hydrogen-bond donors (Lipinski definition) is 2. The molecule has 0 saturated heterocycles. The van der Waals surface area contributed by atoms with Crippen molar-refractivity contribution in [3.05, 3.63) is 23.7 Å². The van der Waals surface area contributed by atoms with Crippen LogP contribution in [-0.4, -0.2) is 46.8 Å². The first kappa shape index (κ1) is 17.3. The minimum absolute atomic E-state index is 0.0739. The van der Waals surface area contributed by atoms with Crippen LogP contribution in [0.15, 0.2) is 16.5 Å². The summed E-state index contributed by atoms with van der Waals surface area (Å²) >= 11 is 0. The number of furan rings is 1. The van der Waals surface area contributed by atoms with Crippen LogP contribution < -0.4 is 5.32 Å². The fourth-order valence-electron chi connectivity index (χ4n) is 2.13. The first-order valence-electron chi connectivity index (χ1n) is 7.78. The average Bonchev–Trinajstić information content (AvgIpc) is 3.13. The van der Waals surface area contributed by atoms with Crippen molar-refractivity contribution in [1.29, 1.82) is 0 Å². The van der Waals surface area contributed by atoms with Gasteiger partial charge in [0.1, 0.15) is 11.4 Å². The van der Waals surface area contributed by atoms with Crippen molar-refractivity contribution in [2.24, 2.45) is 0 Å². The zero-order chi connectivity index (χ0) is 17.0. The van der Waals surface area contributed by atoms with Gasteiger partial charge in [-0.3, -0.25) is 0 Å². The molecule has 1 heterocycles. The van der Waals surface area contributed by atoms with Gasteiger partial charge in [-0.05, 0) is 45.7 Å². The summed E-state index contributed by atoms with van der Waals surface area (Å²) in [5, 5.41) is 11.9. The van der Waals surface area contributed by atoms with E-state index in [1.807, 2.05) is 20.8 Å². The topological polar surface area (TPSA) is 92.0 Å². The number of nitrogens with zero attached hydrogens (tertiary/aromatic N) is 1. The van der Waals surface area contributed by atoms with Gasteiger partial charge in [0.25, 0.3) is 0 Å². The van der Waals surface area contributed by atoms with E-state index < -0.39 is 11.6 Å².